The normalized spacial score (nSPS) is 10.9. The van der Waals surface area contributed by atoms with E-state index in [4.69, 9.17) is 9.47 Å². The van der Waals surface area contributed by atoms with E-state index < -0.39 is 10.0 Å². The summed E-state index contributed by atoms with van der Waals surface area (Å²) in [5, 5.41) is 2.78. The molecule has 0 unspecified atom stereocenters. The Morgan fingerprint density at radius 3 is 2.23 bits per heavy atom. The van der Waals surface area contributed by atoms with Gasteiger partial charge >= 0.3 is 0 Å². The Kier molecular flexibility index (Phi) is 6.27. The summed E-state index contributed by atoms with van der Waals surface area (Å²) in [7, 11) is -0.807. The van der Waals surface area contributed by atoms with Gasteiger partial charge in [-0.1, -0.05) is 18.2 Å². The molecule has 0 atom stereocenters. The van der Waals surface area contributed by atoms with Crippen LogP contribution in [0.1, 0.15) is 15.9 Å². The maximum atomic E-state index is 12.7. The number of hydrogen-bond donors (Lipinski definition) is 2. The Bertz CT molecular complexity index is 1160. The van der Waals surface area contributed by atoms with Crippen molar-refractivity contribution in [1.29, 1.82) is 0 Å². The topological polar surface area (TPSA) is 93.7 Å². The van der Waals surface area contributed by atoms with Crippen LogP contribution < -0.4 is 19.5 Å². The van der Waals surface area contributed by atoms with Gasteiger partial charge in [-0.15, -0.1) is 0 Å². The first-order chi connectivity index (χ1) is 14.3. The van der Waals surface area contributed by atoms with Crippen LogP contribution in [0.2, 0.25) is 0 Å². The summed E-state index contributed by atoms with van der Waals surface area (Å²) in [6.07, 6.45) is 0. The number of benzene rings is 3. The highest BCUT2D eigenvalue weighted by Gasteiger charge is 2.17. The van der Waals surface area contributed by atoms with Crippen molar-refractivity contribution in [2.75, 3.05) is 24.3 Å². The molecule has 0 aliphatic carbocycles. The molecule has 0 aromatic heterocycles. The van der Waals surface area contributed by atoms with Crippen LogP contribution >= 0.6 is 0 Å². The van der Waals surface area contributed by atoms with Crippen LogP contribution in [0.25, 0.3) is 0 Å². The van der Waals surface area contributed by atoms with Crippen molar-refractivity contribution in [3.8, 4) is 11.5 Å². The number of anilines is 2. The van der Waals surface area contributed by atoms with E-state index in [2.05, 4.69) is 10.0 Å². The molecular weight excluding hydrogens is 404 g/mol. The van der Waals surface area contributed by atoms with Gasteiger partial charge in [-0.25, -0.2) is 8.42 Å². The molecule has 8 heteroatoms. The molecule has 0 bridgehead atoms. The van der Waals surface area contributed by atoms with Crippen LogP contribution in [0.5, 0.6) is 11.5 Å². The van der Waals surface area contributed by atoms with Crippen molar-refractivity contribution < 1.29 is 22.7 Å². The van der Waals surface area contributed by atoms with Gasteiger partial charge in [-0.2, -0.15) is 0 Å². The number of hydrogen-bond acceptors (Lipinski definition) is 5. The predicted octanol–water partition coefficient (Wildman–Crippen LogP) is 4.07. The number of para-hydroxylation sites is 2. The van der Waals surface area contributed by atoms with E-state index in [1.807, 2.05) is 0 Å². The predicted molar refractivity (Wildman–Crippen MR) is 116 cm³/mol. The van der Waals surface area contributed by atoms with E-state index in [1.54, 1.807) is 55.5 Å². The van der Waals surface area contributed by atoms with Crippen molar-refractivity contribution >= 4 is 27.3 Å². The Morgan fingerprint density at radius 2 is 1.57 bits per heavy atom. The fourth-order valence-electron chi connectivity index (χ4n) is 2.77. The molecule has 0 aliphatic rings. The van der Waals surface area contributed by atoms with Gasteiger partial charge in [-0.05, 0) is 61.0 Å². The molecule has 0 saturated carbocycles. The molecular formula is C22H22N2O5S. The van der Waals surface area contributed by atoms with Gasteiger partial charge in [0.1, 0.15) is 11.5 Å². The highest BCUT2D eigenvalue weighted by atomic mass is 32.2. The fraction of sp³-hybridized carbons (Fsp3) is 0.136. The molecule has 0 heterocycles. The number of carbonyl (C=O) groups excluding carboxylic acids is 1. The zero-order valence-electron chi connectivity index (χ0n) is 16.8. The van der Waals surface area contributed by atoms with Crippen LogP contribution in [0.15, 0.2) is 71.6 Å². The van der Waals surface area contributed by atoms with E-state index in [0.29, 0.717) is 34.0 Å². The Morgan fingerprint density at radius 1 is 0.867 bits per heavy atom. The minimum absolute atomic E-state index is 0.0894. The monoisotopic (exact) mass is 426 g/mol. The molecule has 0 aliphatic heterocycles. The van der Waals surface area contributed by atoms with Crippen LogP contribution in [0, 0.1) is 6.92 Å². The van der Waals surface area contributed by atoms with Gasteiger partial charge in [0, 0.05) is 5.56 Å². The highest BCUT2D eigenvalue weighted by molar-refractivity contribution is 7.92. The summed E-state index contributed by atoms with van der Waals surface area (Å²) in [6, 6.07) is 17.9. The molecule has 0 radical (unpaired) electrons. The third-order valence-electron chi connectivity index (χ3n) is 4.47. The lowest BCUT2D eigenvalue weighted by molar-refractivity contribution is 0.102. The molecule has 0 fully saturated rings. The lowest BCUT2D eigenvalue weighted by atomic mass is 10.1. The second kappa shape index (κ2) is 8.87. The average Bonchev–Trinajstić information content (AvgIpc) is 2.75. The second-order valence-electron chi connectivity index (χ2n) is 6.47. The van der Waals surface area contributed by atoms with E-state index in [9.17, 15) is 13.2 Å². The number of nitrogens with one attached hydrogen (secondary N) is 2. The van der Waals surface area contributed by atoms with Gasteiger partial charge in [0.2, 0.25) is 0 Å². The smallest absolute Gasteiger partial charge is 0.261 e. The maximum Gasteiger partial charge on any atom is 0.261 e. The van der Waals surface area contributed by atoms with Gasteiger partial charge in [0.05, 0.1) is 30.5 Å². The van der Waals surface area contributed by atoms with E-state index >= 15 is 0 Å². The quantitative estimate of drug-likeness (QED) is 0.594. The fourth-order valence-corrected chi connectivity index (χ4v) is 3.90. The summed E-state index contributed by atoms with van der Waals surface area (Å²) in [6.45, 7) is 1.76. The van der Waals surface area contributed by atoms with Gasteiger partial charge in [0.15, 0.2) is 0 Å². The van der Waals surface area contributed by atoms with Crippen molar-refractivity contribution in [2.45, 2.75) is 11.8 Å². The van der Waals surface area contributed by atoms with Crippen molar-refractivity contribution in [1.82, 2.24) is 0 Å². The number of carbonyl (C=O) groups is 1. The van der Waals surface area contributed by atoms with E-state index in [0.717, 1.165) is 0 Å². The third-order valence-corrected chi connectivity index (χ3v) is 5.85. The summed E-state index contributed by atoms with van der Waals surface area (Å²) >= 11 is 0. The molecule has 3 aromatic carbocycles. The van der Waals surface area contributed by atoms with Gasteiger partial charge < -0.3 is 14.8 Å². The van der Waals surface area contributed by atoms with Crippen LogP contribution in [-0.2, 0) is 10.0 Å². The molecule has 2 N–H and O–H groups in total. The summed E-state index contributed by atoms with van der Waals surface area (Å²) in [5.74, 6) is 0.697. The number of rotatable bonds is 7. The van der Waals surface area contributed by atoms with Gasteiger partial charge in [0.25, 0.3) is 15.9 Å². The van der Waals surface area contributed by atoms with Crippen molar-refractivity contribution in [3.63, 3.8) is 0 Å². The molecule has 156 valence electrons. The third kappa shape index (κ3) is 4.72. The van der Waals surface area contributed by atoms with Crippen LogP contribution in [0.4, 0.5) is 11.4 Å². The molecule has 3 rings (SSSR count). The first-order valence-electron chi connectivity index (χ1n) is 9.06. The zero-order valence-corrected chi connectivity index (χ0v) is 17.6. The minimum Gasteiger partial charge on any atom is -0.497 e. The summed E-state index contributed by atoms with van der Waals surface area (Å²) in [5.41, 5.74) is 1.82. The average molecular weight is 426 g/mol. The van der Waals surface area contributed by atoms with Crippen molar-refractivity contribution in [3.05, 3.63) is 77.9 Å². The summed E-state index contributed by atoms with van der Waals surface area (Å²) in [4.78, 5) is 12.8. The largest absolute Gasteiger partial charge is 0.497 e. The number of methoxy groups -OCH3 is 2. The molecule has 0 spiro atoms. The Balaban J connectivity index is 1.84. The maximum absolute atomic E-state index is 12.7. The minimum atomic E-state index is -3.83. The lowest BCUT2D eigenvalue weighted by Crippen LogP contribution is -2.16. The zero-order chi connectivity index (χ0) is 21.7. The van der Waals surface area contributed by atoms with Crippen LogP contribution in [-0.4, -0.2) is 28.5 Å². The molecule has 3 aromatic rings. The first kappa shape index (κ1) is 21.2. The lowest BCUT2D eigenvalue weighted by Gasteiger charge is -2.13. The highest BCUT2D eigenvalue weighted by Crippen LogP contribution is 2.26. The van der Waals surface area contributed by atoms with E-state index in [-0.39, 0.29) is 10.8 Å². The molecule has 7 nitrogen and oxygen atoms in total. The van der Waals surface area contributed by atoms with E-state index in [1.165, 1.54) is 32.4 Å². The standard InChI is InChI=1S/C22H22N2O5S/c1-15-8-9-16(22(25)23-19-6-4-5-7-21(19)29-3)14-20(15)24-30(26,27)18-12-10-17(28-2)11-13-18/h4-14,24H,1-3H3,(H,23,25). The molecule has 1 amide bonds. The summed E-state index contributed by atoms with van der Waals surface area (Å²) < 4.78 is 38.3. The van der Waals surface area contributed by atoms with Gasteiger partial charge in [-0.3, -0.25) is 9.52 Å². The number of sulfonamides is 1. The van der Waals surface area contributed by atoms with Crippen LogP contribution in [0.3, 0.4) is 0 Å². The molecule has 30 heavy (non-hydrogen) atoms. The first-order valence-corrected chi connectivity index (χ1v) is 10.5. The SMILES string of the molecule is COc1ccc(S(=O)(=O)Nc2cc(C(=O)Nc3ccccc3OC)ccc2C)cc1. The number of ether oxygens (including phenoxy) is 2. The Hall–Kier alpha value is -3.52. The second-order valence-corrected chi connectivity index (χ2v) is 8.15. The number of aryl methyl sites for hydroxylation is 1. The number of amides is 1. The Labute approximate surface area is 175 Å². The van der Waals surface area contributed by atoms with Crippen molar-refractivity contribution in [2.24, 2.45) is 0 Å². The molecule has 0 saturated heterocycles.